The quantitative estimate of drug-likeness (QED) is 0.702. The fraction of sp³-hybridized carbons (Fsp3) is 0.667. The predicted molar refractivity (Wildman–Crippen MR) is 87.5 cm³/mol. The summed E-state index contributed by atoms with van der Waals surface area (Å²) in [5.41, 5.74) is 1.09. The number of aromatic nitrogens is 1. The molecule has 0 radical (unpaired) electrons. The van der Waals surface area contributed by atoms with E-state index in [1.165, 1.54) is 4.88 Å². The predicted octanol–water partition coefficient (Wildman–Crippen LogP) is 1.50. The molecule has 0 aromatic carbocycles. The summed E-state index contributed by atoms with van der Waals surface area (Å²) in [7, 11) is 1.64. The lowest BCUT2D eigenvalue weighted by molar-refractivity contribution is -0.120. The van der Waals surface area contributed by atoms with Crippen LogP contribution in [0.25, 0.3) is 0 Å². The van der Waals surface area contributed by atoms with E-state index in [0.29, 0.717) is 26.2 Å². The lowest BCUT2D eigenvalue weighted by Crippen LogP contribution is -2.36. The van der Waals surface area contributed by atoms with E-state index in [2.05, 4.69) is 22.5 Å². The number of carbonyl (C=O) groups is 1. The van der Waals surface area contributed by atoms with Crippen molar-refractivity contribution in [3.05, 3.63) is 15.6 Å². The molecular formula is C12H23Cl2N3O2S. The zero-order valence-corrected chi connectivity index (χ0v) is 14.5. The highest BCUT2D eigenvalue weighted by Gasteiger charge is 2.04. The minimum atomic E-state index is 0. The number of halogens is 2. The third-order valence-electron chi connectivity index (χ3n) is 2.50. The smallest absolute Gasteiger partial charge is 0.233 e. The summed E-state index contributed by atoms with van der Waals surface area (Å²) in [5, 5.41) is 6.94. The molecule has 118 valence electrons. The Balaban J connectivity index is 0. The Hall–Kier alpha value is -0.400. The van der Waals surface area contributed by atoms with Gasteiger partial charge in [0.15, 0.2) is 0 Å². The van der Waals surface area contributed by atoms with Gasteiger partial charge < -0.3 is 15.4 Å². The normalized spacial score (nSPS) is 9.55. The number of thiazole rings is 1. The molecule has 5 nitrogen and oxygen atoms in total. The molecule has 1 heterocycles. The Morgan fingerprint density at radius 2 is 2.00 bits per heavy atom. The van der Waals surface area contributed by atoms with Crippen LogP contribution in [-0.2, 0) is 16.0 Å². The summed E-state index contributed by atoms with van der Waals surface area (Å²) in [4.78, 5) is 17.1. The highest BCUT2D eigenvalue weighted by atomic mass is 35.5. The number of hydrogen-bond acceptors (Lipinski definition) is 5. The molecule has 8 heteroatoms. The van der Waals surface area contributed by atoms with Gasteiger partial charge in [-0.15, -0.1) is 36.2 Å². The molecule has 0 aliphatic rings. The van der Waals surface area contributed by atoms with Crippen LogP contribution in [-0.4, -0.2) is 44.2 Å². The summed E-state index contributed by atoms with van der Waals surface area (Å²) < 4.78 is 4.88. The molecule has 0 saturated carbocycles. The zero-order chi connectivity index (χ0) is 13.4. The van der Waals surface area contributed by atoms with Crippen molar-refractivity contribution in [3.8, 4) is 0 Å². The number of nitrogens with one attached hydrogen (secondary N) is 2. The van der Waals surface area contributed by atoms with Crippen molar-refractivity contribution < 1.29 is 9.53 Å². The van der Waals surface area contributed by atoms with Gasteiger partial charge in [0.25, 0.3) is 0 Å². The van der Waals surface area contributed by atoms with E-state index in [4.69, 9.17) is 4.74 Å². The molecule has 1 rings (SSSR count). The first-order chi connectivity index (χ1) is 8.63. The molecule has 0 bridgehead atoms. The fourth-order valence-corrected chi connectivity index (χ4v) is 2.33. The topological polar surface area (TPSA) is 63.2 Å². The number of methoxy groups -OCH3 is 1. The van der Waals surface area contributed by atoms with Crippen LogP contribution in [0.1, 0.15) is 15.6 Å². The molecule has 1 aromatic heterocycles. The number of hydrogen-bond donors (Lipinski definition) is 2. The minimum Gasteiger partial charge on any atom is -0.383 e. The van der Waals surface area contributed by atoms with Gasteiger partial charge in [-0.05, 0) is 13.8 Å². The molecule has 1 aromatic rings. The largest absolute Gasteiger partial charge is 0.383 e. The van der Waals surface area contributed by atoms with Crippen LogP contribution in [0.5, 0.6) is 0 Å². The van der Waals surface area contributed by atoms with E-state index in [9.17, 15) is 4.79 Å². The van der Waals surface area contributed by atoms with Crippen molar-refractivity contribution in [1.29, 1.82) is 0 Å². The monoisotopic (exact) mass is 343 g/mol. The molecule has 0 unspecified atom stereocenters. The number of amides is 1. The number of rotatable bonds is 8. The first-order valence-corrected chi connectivity index (χ1v) is 6.84. The highest BCUT2D eigenvalue weighted by Crippen LogP contribution is 2.16. The Labute approximate surface area is 136 Å². The third-order valence-corrected chi connectivity index (χ3v) is 3.64. The standard InChI is InChI=1S/C12H21N3O2S.2ClH/c1-9-10(2)18-12(15-9)4-5-14-11(16)8-13-6-7-17-3;;/h13H,4-8H2,1-3H3,(H,14,16);2*1H. The maximum atomic E-state index is 11.4. The van der Waals surface area contributed by atoms with Crippen LogP contribution < -0.4 is 10.6 Å². The molecule has 0 fully saturated rings. The van der Waals surface area contributed by atoms with Gasteiger partial charge in [-0.3, -0.25) is 4.79 Å². The van der Waals surface area contributed by atoms with Gasteiger partial charge in [-0.2, -0.15) is 0 Å². The van der Waals surface area contributed by atoms with E-state index in [1.807, 2.05) is 6.92 Å². The lowest BCUT2D eigenvalue weighted by atomic mass is 10.4. The Kier molecular flexibility index (Phi) is 13.5. The Bertz CT molecular complexity index is 369. The van der Waals surface area contributed by atoms with Gasteiger partial charge in [0, 0.05) is 31.5 Å². The zero-order valence-electron chi connectivity index (χ0n) is 12.0. The number of ether oxygens (including phenoxy) is 1. The van der Waals surface area contributed by atoms with Gasteiger partial charge in [0.2, 0.25) is 5.91 Å². The van der Waals surface area contributed by atoms with Crippen molar-refractivity contribution in [2.24, 2.45) is 0 Å². The van der Waals surface area contributed by atoms with Crippen molar-refractivity contribution in [2.75, 3.05) is 33.4 Å². The van der Waals surface area contributed by atoms with Crippen LogP contribution in [0.3, 0.4) is 0 Å². The summed E-state index contributed by atoms with van der Waals surface area (Å²) in [6, 6.07) is 0. The molecule has 2 N–H and O–H groups in total. The first kappa shape index (κ1) is 21.9. The Morgan fingerprint density at radius 3 is 2.55 bits per heavy atom. The van der Waals surface area contributed by atoms with Crippen molar-refractivity contribution in [3.63, 3.8) is 0 Å². The number of carbonyl (C=O) groups excluding carboxylic acids is 1. The van der Waals surface area contributed by atoms with Gasteiger partial charge >= 0.3 is 0 Å². The summed E-state index contributed by atoms with van der Waals surface area (Å²) in [6.45, 7) is 6.35. The fourth-order valence-electron chi connectivity index (χ4n) is 1.39. The molecule has 0 spiro atoms. The van der Waals surface area contributed by atoms with E-state index >= 15 is 0 Å². The molecule has 0 saturated heterocycles. The second-order valence-corrected chi connectivity index (χ2v) is 5.31. The van der Waals surface area contributed by atoms with E-state index in [0.717, 1.165) is 17.1 Å². The minimum absolute atomic E-state index is 0. The maximum absolute atomic E-state index is 11.4. The van der Waals surface area contributed by atoms with Crippen molar-refractivity contribution >= 4 is 42.1 Å². The summed E-state index contributed by atoms with van der Waals surface area (Å²) >= 11 is 1.70. The van der Waals surface area contributed by atoms with Gasteiger partial charge in [-0.25, -0.2) is 4.98 Å². The highest BCUT2D eigenvalue weighted by molar-refractivity contribution is 7.11. The molecule has 1 amide bonds. The SMILES string of the molecule is COCCNCC(=O)NCCc1nc(C)c(C)s1.Cl.Cl. The van der Waals surface area contributed by atoms with Crippen molar-refractivity contribution in [2.45, 2.75) is 20.3 Å². The van der Waals surface area contributed by atoms with Crippen molar-refractivity contribution in [1.82, 2.24) is 15.6 Å². The second-order valence-electron chi connectivity index (χ2n) is 4.02. The van der Waals surface area contributed by atoms with E-state index in [-0.39, 0.29) is 30.7 Å². The van der Waals surface area contributed by atoms with Crippen LogP contribution in [0.2, 0.25) is 0 Å². The van der Waals surface area contributed by atoms with Gasteiger partial charge in [0.05, 0.1) is 23.9 Å². The second kappa shape index (κ2) is 12.3. The molecular weight excluding hydrogens is 321 g/mol. The van der Waals surface area contributed by atoms with Crippen LogP contribution in [0.4, 0.5) is 0 Å². The molecule has 0 aliphatic carbocycles. The molecule has 20 heavy (non-hydrogen) atoms. The van der Waals surface area contributed by atoms with E-state index < -0.39 is 0 Å². The van der Waals surface area contributed by atoms with Crippen LogP contribution in [0.15, 0.2) is 0 Å². The average Bonchev–Trinajstić information content (AvgIpc) is 2.64. The average molecular weight is 344 g/mol. The summed E-state index contributed by atoms with van der Waals surface area (Å²) in [6.07, 6.45) is 0.795. The summed E-state index contributed by atoms with van der Waals surface area (Å²) in [5.74, 6) is 0.0103. The van der Waals surface area contributed by atoms with Crippen LogP contribution in [0, 0.1) is 13.8 Å². The molecule has 0 aliphatic heterocycles. The lowest BCUT2D eigenvalue weighted by Gasteiger charge is -2.05. The van der Waals surface area contributed by atoms with E-state index in [1.54, 1.807) is 18.4 Å². The maximum Gasteiger partial charge on any atom is 0.233 e. The number of aryl methyl sites for hydroxylation is 2. The first-order valence-electron chi connectivity index (χ1n) is 6.02. The third kappa shape index (κ3) is 8.71. The van der Waals surface area contributed by atoms with Gasteiger partial charge in [0.1, 0.15) is 0 Å². The van der Waals surface area contributed by atoms with Gasteiger partial charge in [-0.1, -0.05) is 0 Å². The Morgan fingerprint density at radius 1 is 1.30 bits per heavy atom. The van der Waals surface area contributed by atoms with Crippen LogP contribution >= 0.6 is 36.2 Å². The number of nitrogens with zero attached hydrogens (tertiary/aromatic N) is 1. The molecule has 0 atom stereocenters.